The molecule has 2 aliphatic heterocycles. The monoisotopic (exact) mass is 354 g/mol. The van der Waals surface area contributed by atoms with E-state index in [2.05, 4.69) is 68.6 Å². The van der Waals surface area contributed by atoms with Crippen molar-refractivity contribution in [3.8, 4) is 0 Å². The summed E-state index contributed by atoms with van der Waals surface area (Å²) >= 11 is 0. The maximum Gasteiger partial charge on any atom is 0.0998 e. The molecule has 2 fully saturated rings. The Morgan fingerprint density at radius 2 is 1.81 bits per heavy atom. The van der Waals surface area contributed by atoms with Crippen molar-refractivity contribution in [1.82, 2.24) is 24.8 Å². The second-order valence-corrected chi connectivity index (χ2v) is 7.56. The Labute approximate surface area is 156 Å². The molecular formula is C20H30N6. The molecule has 1 aromatic carbocycles. The normalized spacial score (nSPS) is 22.2. The van der Waals surface area contributed by atoms with Gasteiger partial charge in [0.2, 0.25) is 0 Å². The number of benzene rings is 1. The fraction of sp³-hybridized carbons (Fsp3) is 0.600. The first-order valence-electron chi connectivity index (χ1n) is 9.92. The zero-order valence-electron chi connectivity index (χ0n) is 15.8. The lowest BCUT2D eigenvalue weighted by Crippen LogP contribution is -2.46. The van der Waals surface area contributed by atoms with Crippen LogP contribution in [0.1, 0.15) is 31.0 Å². The van der Waals surface area contributed by atoms with Gasteiger partial charge in [0, 0.05) is 45.0 Å². The van der Waals surface area contributed by atoms with Gasteiger partial charge in [-0.2, -0.15) is 0 Å². The summed E-state index contributed by atoms with van der Waals surface area (Å²) in [5.74, 6) is 0. The first kappa shape index (κ1) is 17.5. The van der Waals surface area contributed by atoms with Gasteiger partial charge in [-0.1, -0.05) is 23.4 Å². The Hall–Kier alpha value is -1.92. The third-order valence-corrected chi connectivity index (χ3v) is 5.77. The second kappa shape index (κ2) is 8.18. The molecule has 0 amide bonds. The van der Waals surface area contributed by atoms with Crippen LogP contribution in [-0.2, 0) is 6.54 Å². The minimum atomic E-state index is 0.467. The van der Waals surface area contributed by atoms with Gasteiger partial charge in [0.1, 0.15) is 0 Å². The van der Waals surface area contributed by atoms with E-state index in [0.29, 0.717) is 6.04 Å². The van der Waals surface area contributed by atoms with Crippen molar-refractivity contribution < 1.29 is 0 Å². The van der Waals surface area contributed by atoms with Crippen molar-refractivity contribution in [3.63, 3.8) is 0 Å². The minimum absolute atomic E-state index is 0.467. The van der Waals surface area contributed by atoms with E-state index in [4.69, 9.17) is 0 Å². The van der Waals surface area contributed by atoms with Gasteiger partial charge in [0.25, 0.3) is 0 Å². The number of likely N-dealkylation sites (tertiary alicyclic amines) is 1. The van der Waals surface area contributed by atoms with Gasteiger partial charge < -0.3 is 4.90 Å². The summed E-state index contributed by atoms with van der Waals surface area (Å²) in [6.07, 6.45) is 5.76. The Kier molecular flexibility index (Phi) is 5.51. The van der Waals surface area contributed by atoms with Crippen LogP contribution in [0.25, 0.3) is 0 Å². The minimum Gasteiger partial charge on any atom is -0.369 e. The lowest BCUT2D eigenvalue weighted by Gasteiger charge is -2.36. The number of hydrogen-bond acceptors (Lipinski definition) is 5. The molecule has 26 heavy (non-hydrogen) atoms. The van der Waals surface area contributed by atoms with Crippen LogP contribution in [-0.4, -0.2) is 71.1 Å². The highest BCUT2D eigenvalue weighted by atomic mass is 15.4. The van der Waals surface area contributed by atoms with E-state index < -0.39 is 0 Å². The Balaban J connectivity index is 1.19. The van der Waals surface area contributed by atoms with Crippen molar-refractivity contribution in [2.24, 2.45) is 0 Å². The zero-order chi connectivity index (χ0) is 17.8. The van der Waals surface area contributed by atoms with Crippen LogP contribution in [0.15, 0.2) is 36.5 Å². The molecular weight excluding hydrogens is 324 g/mol. The summed E-state index contributed by atoms with van der Waals surface area (Å²) < 4.78 is 2.03. The zero-order valence-corrected chi connectivity index (χ0v) is 15.8. The highest BCUT2D eigenvalue weighted by Gasteiger charge is 2.25. The number of hydrogen-bond donors (Lipinski definition) is 0. The molecule has 2 saturated heterocycles. The molecule has 2 aliphatic rings. The average molecular weight is 355 g/mol. The highest BCUT2D eigenvalue weighted by Crippen LogP contribution is 2.28. The van der Waals surface area contributed by atoms with Gasteiger partial charge in [-0.15, -0.1) is 5.10 Å². The maximum absolute atomic E-state index is 4.41. The average Bonchev–Trinajstić information content (AvgIpc) is 3.32. The van der Waals surface area contributed by atoms with Crippen molar-refractivity contribution >= 4 is 5.69 Å². The predicted molar refractivity (Wildman–Crippen MR) is 104 cm³/mol. The van der Waals surface area contributed by atoms with E-state index >= 15 is 0 Å². The van der Waals surface area contributed by atoms with Crippen LogP contribution in [0, 0.1) is 0 Å². The van der Waals surface area contributed by atoms with E-state index in [1.807, 2.05) is 4.68 Å². The molecule has 0 bridgehead atoms. The van der Waals surface area contributed by atoms with Gasteiger partial charge in [-0.25, -0.2) is 0 Å². The topological polar surface area (TPSA) is 40.4 Å². The molecule has 1 aromatic heterocycles. The molecule has 3 heterocycles. The van der Waals surface area contributed by atoms with Crippen molar-refractivity contribution in [2.75, 3.05) is 51.2 Å². The summed E-state index contributed by atoms with van der Waals surface area (Å²) in [6.45, 7) is 7.79. The van der Waals surface area contributed by atoms with Crippen LogP contribution in [0.2, 0.25) is 0 Å². The largest absolute Gasteiger partial charge is 0.369 e. The molecule has 1 unspecified atom stereocenters. The molecule has 0 spiro atoms. The molecule has 0 saturated carbocycles. The van der Waals surface area contributed by atoms with E-state index in [1.54, 1.807) is 0 Å². The summed E-state index contributed by atoms with van der Waals surface area (Å²) in [6, 6.07) is 11.2. The summed E-state index contributed by atoms with van der Waals surface area (Å²) in [5, 5.41) is 8.75. The smallest absolute Gasteiger partial charge is 0.0998 e. The molecule has 4 rings (SSSR count). The lowest BCUT2D eigenvalue weighted by atomic mass is 10.2. The molecule has 2 aromatic rings. The van der Waals surface area contributed by atoms with Crippen molar-refractivity contribution in [2.45, 2.75) is 31.8 Å². The molecule has 1 atom stereocenters. The first-order chi connectivity index (χ1) is 12.8. The number of aryl methyl sites for hydroxylation is 1. The van der Waals surface area contributed by atoms with E-state index in [-0.39, 0.29) is 0 Å². The fourth-order valence-corrected chi connectivity index (χ4v) is 4.18. The number of aromatic nitrogens is 3. The summed E-state index contributed by atoms with van der Waals surface area (Å²) in [5.41, 5.74) is 2.49. The van der Waals surface area contributed by atoms with Gasteiger partial charge >= 0.3 is 0 Å². The van der Waals surface area contributed by atoms with E-state index in [1.165, 1.54) is 25.1 Å². The second-order valence-electron chi connectivity index (χ2n) is 7.56. The number of para-hydroxylation sites is 1. The fourth-order valence-electron chi connectivity index (χ4n) is 4.18. The van der Waals surface area contributed by atoms with Crippen molar-refractivity contribution in [1.29, 1.82) is 0 Å². The van der Waals surface area contributed by atoms with Crippen LogP contribution in [0.5, 0.6) is 0 Å². The summed E-state index contributed by atoms with van der Waals surface area (Å²) in [4.78, 5) is 7.45. The SMILES string of the molecule is CN1CCCC1c1cn(CCCN2CCN(c3ccccc3)CC2)nn1. The summed E-state index contributed by atoms with van der Waals surface area (Å²) in [7, 11) is 2.19. The number of anilines is 1. The molecule has 6 heteroatoms. The highest BCUT2D eigenvalue weighted by molar-refractivity contribution is 5.46. The van der Waals surface area contributed by atoms with Crippen LogP contribution < -0.4 is 4.90 Å². The molecule has 140 valence electrons. The van der Waals surface area contributed by atoms with Crippen molar-refractivity contribution in [3.05, 3.63) is 42.2 Å². The lowest BCUT2D eigenvalue weighted by molar-refractivity contribution is 0.248. The standard InChI is InChI=1S/C20H30N6/c1-23-10-5-9-20(23)19-17-26(22-21-19)12-6-11-24-13-15-25(16-14-24)18-7-3-2-4-8-18/h2-4,7-8,17,20H,5-6,9-16H2,1H3. The van der Waals surface area contributed by atoms with Gasteiger partial charge in [0.15, 0.2) is 0 Å². The number of piperazine rings is 1. The van der Waals surface area contributed by atoms with Crippen LogP contribution in [0.3, 0.4) is 0 Å². The van der Waals surface area contributed by atoms with E-state index in [9.17, 15) is 0 Å². The van der Waals surface area contributed by atoms with Crippen LogP contribution >= 0.6 is 0 Å². The predicted octanol–water partition coefficient (Wildman–Crippen LogP) is 2.26. The Bertz CT molecular complexity index is 677. The van der Waals surface area contributed by atoms with Gasteiger partial charge in [0.05, 0.1) is 17.9 Å². The Morgan fingerprint density at radius 1 is 1.00 bits per heavy atom. The van der Waals surface area contributed by atoms with Gasteiger partial charge in [-0.3, -0.25) is 14.5 Å². The molecule has 0 radical (unpaired) electrons. The first-order valence-corrected chi connectivity index (χ1v) is 9.92. The quantitative estimate of drug-likeness (QED) is 0.796. The number of rotatable bonds is 6. The van der Waals surface area contributed by atoms with Crippen LogP contribution in [0.4, 0.5) is 5.69 Å². The molecule has 0 N–H and O–H groups in total. The van der Waals surface area contributed by atoms with E-state index in [0.717, 1.165) is 51.4 Å². The Morgan fingerprint density at radius 3 is 2.54 bits per heavy atom. The third-order valence-electron chi connectivity index (χ3n) is 5.77. The van der Waals surface area contributed by atoms with Gasteiger partial charge in [-0.05, 0) is 45.0 Å². The third kappa shape index (κ3) is 4.07. The molecule has 0 aliphatic carbocycles. The maximum atomic E-state index is 4.41. The molecule has 6 nitrogen and oxygen atoms in total. The number of nitrogens with zero attached hydrogens (tertiary/aromatic N) is 6.